The molecule has 0 saturated heterocycles. The van der Waals surface area contributed by atoms with E-state index < -0.39 is 5.41 Å². The van der Waals surface area contributed by atoms with E-state index in [2.05, 4.69) is 14.0 Å². The second-order valence-corrected chi connectivity index (χ2v) is 8.84. The number of ether oxygens (including phenoxy) is 1. The molecule has 0 radical (unpaired) electrons. The van der Waals surface area contributed by atoms with Gasteiger partial charge in [-0.15, -0.1) is 0 Å². The highest BCUT2D eigenvalue weighted by Crippen LogP contribution is 2.40. The molecule has 1 aliphatic carbocycles. The summed E-state index contributed by atoms with van der Waals surface area (Å²) in [5.74, 6) is 0.764. The van der Waals surface area contributed by atoms with Crippen LogP contribution in [0.1, 0.15) is 31.2 Å². The summed E-state index contributed by atoms with van der Waals surface area (Å²) >= 11 is 1.52. The fourth-order valence-electron chi connectivity index (χ4n) is 3.43. The number of halogens is 1. The second-order valence-electron chi connectivity index (χ2n) is 7.20. The SMILES string of the molecule is CSNc1ccc(OC2CCC(F)(P)CC2)c(-c2cc(C)c(=O)n(C)c2)c1. The van der Waals surface area contributed by atoms with Crippen molar-refractivity contribution in [3.8, 4) is 16.9 Å². The van der Waals surface area contributed by atoms with Crippen LogP contribution in [-0.2, 0) is 7.05 Å². The number of pyridine rings is 1. The van der Waals surface area contributed by atoms with Crippen LogP contribution in [0, 0.1) is 6.92 Å². The normalized spacial score (nSPS) is 22.5. The van der Waals surface area contributed by atoms with Crippen LogP contribution in [0.15, 0.2) is 35.3 Å². The second kappa shape index (κ2) is 8.24. The van der Waals surface area contributed by atoms with E-state index in [1.54, 1.807) is 11.6 Å². The number of hydrogen-bond donors (Lipinski definition) is 1. The monoisotopic (exact) mass is 408 g/mol. The van der Waals surface area contributed by atoms with Gasteiger partial charge in [0.2, 0.25) is 0 Å². The third-order valence-electron chi connectivity index (χ3n) is 4.93. The van der Waals surface area contributed by atoms with Crippen LogP contribution in [0.3, 0.4) is 0 Å². The van der Waals surface area contributed by atoms with Crippen LogP contribution in [-0.4, -0.2) is 22.3 Å². The van der Waals surface area contributed by atoms with E-state index in [-0.39, 0.29) is 11.7 Å². The molecule has 0 bridgehead atoms. The van der Waals surface area contributed by atoms with Crippen molar-refractivity contribution in [3.63, 3.8) is 0 Å². The molecule has 0 aliphatic heterocycles. The fourth-order valence-corrected chi connectivity index (χ4v) is 4.13. The van der Waals surface area contributed by atoms with Gasteiger partial charge < -0.3 is 14.0 Å². The average molecular weight is 408 g/mol. The standard InChI is InChI=1S/C20H26FN2O2PS/c1-13-10-14(12-23(2)19(13)24)17-11-15(22-27-3)4-5-18(17)25-16-6-8-20(21,26)9-7-16/h4-5,10-12,16,22H,6-9,26H2,1-3H3. The number of rotatable bonds is 5. The Morgan fingerprint density at radius 1 is 1.33 bits per heavy atom. The highest BCUT2D eigenvalue weighted by atomic mass is 32.2. The first-order valence-corrected chi connectivity index (χ1v) is 10.8. The maximum Gasteiger partial charge on any atom is 0.253 e. The van der Waals surface area contributed by atoms with E-state index in [4.69, 9.17) is 4.74 Å². The van der Waals surface area contributed by atoms with Crippen molar-refractivity contribution in [1.29, 1.82) is 0 Å². The van der Waals surface area contributed by atoms with Gasteiger partial charge in [-0.25, -0.2) is 4.39 Å². The summed E-state index contributed by atoms with van der Waals surface area (Å²) in [6.45, 7) is 1.82. The lowest BCUT2D eigenvalue weighted by Crippen LogP contribution is -2.29. The Balaban J connectivity index is 1.95. The predicted octanol–water partition coefficient (Wildman–Crippen LogP) is 4.91. The zero-order valence-electron chi connectivity index (χ0n) is 15.9. The first-order chi connectivity index (χ1) is 12.8. The summed E-state index contributed by atoms with van der Waals surface area (Å²) in [6.07, 6.45) is 6.16. The van der Waals surface area contributed by atoms with Crippen LogP contribution in [0.5, 0.6) is 5.75 Å². The van der Waals surface area contributed by atoms with Crippen molar-refractivity contribution in [2.24, 2.45) is 7.05 Å². The molecule has 1 N–H and O–H groups in total. The van der Waals surface area contributed by atoms with Crippen LogP contribution in [0.2, 0.25) is 0 Å². The van der Waals surface area contributed by atoms with Gasteiger partial charge >= 0.3 is 0 Å². The van der Waals surface area contributed by atoms with Crippen LogP contribution >= 0.6 is 21.2 Å². The number of alkyl halides is 1. The Bertz CT molecular complexity index is 849. The van der Waals surface area contributed by atoms with Gasteiger partial charge in [-0.1, -0.05) is 21.2 Å². The van der Waals surface area contributed by atoms with Gasteiger partial charge in [0, 0.05) is 41.9 Å². The number of aryl methyl sites for hydroxylation is 2. The zero-order valence-corrected chi connectivity index (χ0v) is 17.9. The molecule has 3 rings (SSSR count). The largest absolute Gasteiger partial charge is 0.490 e. The van der Waals surface area contributed by atoms with Gasteiger partial charge in [0.05, 0.1) is 6.10 Å². The van der Waals surface area contributed by atoms with E-state index in [0.29, 0.717) is 31.2 Å². The lowest BCUT2D eigenvalue weighted by molar-refractivity contribution is 0.0983. The quantitative estimate of drug-likeness (QED) is 0.564. The van der Waals surface area contributed by atoms with Gasteiger partial charge in [0.15, 0.2) is 0 Å². The molecule has 0 amide bonds. The third kappa shape index (κ3) is 4.85. The van der Waals surface area contributed by atoms with Crippen LogP contribution < -0.4 is 15.0 Å². The van der Waals surface area contributed by atoms with Gasteiger partial charge in [-0.05, 0) is 56.9 Å². The zero-order chi connectivity index (χ0) is 19.6. The van der Waals surface area contributed by atoms with Gasteiger partial charge in [-0.3, -0.25) is 4.79 Å². The summed E-state index contributed by atoms with van der Waals surface area (Å²) in [4.78, 5) is 12.1. The van der Waals surface area contributed by atoms with Crippen molar-refractivity contribution in [2.45, 2.75) is 44.1 Å². The molecule has 1 aromatic carbocycles. The molecule has 2 aromatic rings. The molecular formula is C20H26FN2O2PS. The molecule has 146 valence electrons. The number of benzene rings is 1. The van der Waals surface area contributed by atoms with E-state index in [1.165, 1.54) is 11.9 Å². The minimum atomic E-state index is -1.16. The minimum absolute atomic E-state index is 0.00108. The summed E-state index contributed by atoms with van der Waals surface area (Å²) in [7, 11) is 4.08. The molecule has 0 spiro atoms. The number of nitrogens with zero attached hydrogens (tertiary/aromatic N) is 1. The first-order valence-electron chi connectivity index (χ1n) is 9.04. The molecule has 1 saturated carbocycles. The molecule has 1 unspecified atom stereocenters. The van der Waals surface area contributed by atoms with Gasteiger partial charge in [0.25, 0.3) is 5.56 Å². The fraction of sp³-hybridized carbons (Fsp3) is 0.450. The Hall–Kier alpha value is -1.52. The lowest BCUT2D eigenvalue weighted by atomic mass is 9.95. The van der Waals surface area contributed by atoms with E-state index in [1.807, 2.05) is 43.6 Å². The molecule has 1 heterocycles. The molecule has 1 atom stereocenters. The number of nitrogens with one attached hydrogen (secondary N) is 1. The Morgan fingerprint density at radius 2 is 2.04 bits per heavy atom. The highest BCUT2D eigenvalue weighted by Gasteiger charge is 2.32. The average Bonchev–Trinajstić information content (AvgIpc) is 2.62. The first kappa shape index (κ1) is 20.2. The van der Waals surface area contributed by atoms with Crippen LogP contribution in [0.4, 0.5) is 10.1 Å². The van der Waals surface area contributed by atoms with Crippen molar-refractivity contribution in [3.05, 3.63) is 46.4 Å². The summed E-state index contributed by atoms with van der Waals surface area (Å²) in [5, 5.41) is -1.16. The lowest BCUT2D eigenvalue weighted by Gasteiger charge is -2.31. The van der Waals surface area contributed by atoms with Gasteiger partial charge in [0.1, 0.15) is 11.2 Å². The van der Waals surface area contributed by atoms with Crippen molar-refractivity contribution >= 4 is 26.9 Å². The number of hydrogen-bond acceptors (Lipinski definition) is 4. The third-order valence-corrected chi connectivity index (χ3v) is 5.95. The Labute approximate surface area is 166 Å². The molecule has 1 aromatic heterocycles. The van der Waals surface area contributed by atoms with Gasteiger partial charge in [-0.2, -0.15) is 0 Å². The summed E-state index contributed by atoms with van der Waals surface area (Å²) in [5.41, 5.74) is 3.50. The highest BCUT2D eigenvalue weighted by molar-refractivity contribution is 7.99. The predicted molar refractivity (Wildman–Crippen MR) is 115 cm³/mol. The number of anilines is 1. The molecular weight excluding hydrogens is 382 g/mol. The smallest absolute Gasteiger partial charge is 0.253 e. The minimum Gasteiger partial charge on any atom is -0.490 e. The molecule has 1 aliphatic rings. The maximum atomic E-state index is 14.1. The maximum absolute atomic E-state index is 14.1. The van der Waals surface area contributed by atoms with Crippen LogP contribution in [0.25, 0.3) is 11.1 Å². The summed E-state index contributed by atoms with van der Waals surface area (Å²) in [6, 6.07) is 7.85. The Morgan fingerprint density at radius 3 is 2.67 bits per heavy atom. The van der Waals surface area contributed by atoms with Crippen molar-refractivity contribution < 1.29 is 9.13 Å². The van der Waals surface area contributed by atoms with E-state index in [9.17, 15) is 9.18 Å². The van der Waals surface area contributed by atoms with Crippen molar-refractivity contribution in [1.82, 2.24) is 4.57 Å². The Kier molecular flexibility index (Phi) is 6.17. The molecule has 27 heavy (non-hydrogen) atoms. The topological polar surface area (TPSA) is 43.3 Å². The number of aromatic nitrogens is 1. The van der Waals surface area contributed by atoms with Crippen molar-refractivity contribution in [2.75, 3.05) is 11.0 Å². The van der Waals surface area contributed by atoms with E-state index >= 15 is 0 Å². The molecule has 1 fully saturated rings. The van der Waals surface area contributed by atoms with E-state index in [0.717, 1.165) is 22.6 Å². The molecule has 4 nitrogen and oxygen atoms in total. The molecule has 7 heteroatoms. The summed E-state index contributed by atoms with van der Waals surface area (Å²) < 4.78 is 25.2.